The first-order chi connectivity index (χ1) is 15.6. The largest absolute Gasteiger partial charge is 0.508 e. The summed E-state index contributed by atoms with van der Waals surface area (Å²) in [6.45, 7) is 7.65. The maximum absolute atomic E-state index is 15.2. The van der Waals surface area contributed by atoms with Crippen molar-refractivity contribution in [1.82, 2.24) is 8.96 Å². The maximum Gasteiger partial charge on any atom is 0.243 e. The van der Waals surface area contributed by atoms with E-state index in [2.05, 4.69) is 4.98 Å². The van der Waals surface area contributed by atoms with E-state index in [1.807, 2.05) is 33.8 Å². The Morgan fingerprint density at radius 2 is 1.70 bits per heavy atom. The van der Waals surface area contributed by atoms with Crippen molar-refractivity contribution in [1.29, 1.82) is 0 Å². The lowest BCUT2D eigenvalue weighted by Gasteiger charge is -2.12. The lowest BCUT2D eigenvalue weighted by molar-refractivity contribution is 0.474. The smallest absolute Gasteiger partial charge is 0.243 e. The zero-order valence-corrected chi connectivity index (χ0v) is 19.9. The molecule has 4 rings (SSSR count). The van der Waals surface area contributed by atoms with Gasteiger partial charge in [0.15, 0.2) is 0 Å². The molecule has 0 radical (unpaired) electrons. The van der Waals surface area contributed by atoms with Crippen molar-refractivity contribution in [2.24, 2.45) is 0 Å². The molecule has 0 aliphatic carbocycles. The van der Waals surface area contributed by atoms with Gasteiger partial charge in [-0.15, -0.1) is 0 Å². The van der Waals surface area contributed by atoms with Gasteiger partial charge in [0.05, 0.1) is 22.5 Å². The molecular formula is C26H27FN2O3S. The van der Waals surface area contributed by atoms with Crippen LogP contribution in [0.3, 0.4) is 0 Å². The van der Waals surface area contributed by atoms with Crippen LogP contribution in [-0.4, -0.2) is 22.5 Å². The summed E-state index contributed by atoms with van der Waals surface area (Å²) < 4.78 is 42.9. The van der Waals surface area contributed by atoms with Crippen molar-refractivity contribution in [3.63, 3.8) is 0 Å². The maximum atomic E-state index is 15.2. The summed E-state index contributed by atoms with van der Waals surface area (Å²) in [4.78, 5) is 4.61. The van der Waals surface area contributed by atoms with Gasteiger partial charge in [0.25, 0.3) is 0 Å². The van der Waals surface area contributed by atoms with Crippen LogP contribution in [0, 0.1) is 19.7 Å². The van der Waals surface area contributed by atoms with E-state index in [-0.39, 0.29) is 35.1 Å². The number of halogens is 1. The first-order valence-electron chi connectivity index (χ1n) is 10.8. The van der Waals surface area contributed by atoms with Gasteiger partial charge in [-0.05, 0) is 59.7 Å². The molecule has 0 bridgehead atoms. The zero-order valence-electron chi connectivity index (χ0n) is 19.1. The fourth-order valence-electron chi connectivity index (χ4n) is 4.20. The number of nitrogens with zero attached hydrogens (tertiary/aromatic N) is 2. The summed E-state index contributed by atoms with van der Waals surface area (Å²) in [6.07, 6.45) is 1.82. The number of rotatable bonds is 6. The van der Waals surface area contributed by atoms with E-state index in [0.717, 1.165) is 22.3 Å². The minimum absolute atomic E-state index is 0.00336. The van der Waals surface area contributed by atoms with Gasteiger partial charge in [-0.1, -0.05) is 44.2 Å². The van der Waals surface area contributed by atoms with Gasteiger partial charge in [-0.2, -0.15) is 0 Å². The molecule has 5 nitrogen and oxygen atoms in total. The van der Waals surface area contributed by atoms with Crippen LogP contribution in [0.4, 0.5) is 4.39 Å². The SMILES string of the molecule is Cc1cc(O)cc(C)c1Cc1nc2c(C(C)C)cn(S(=O)(=O)Cc3ccccc3)c2cc1F. The monoisotopic (exact) mass is 466 g/mol. The molecule has 0 saturated carbocycles. The van der Waals surface area contributed by atoms with Crippen molar-refractivity contribution in [3.05, 3.63) is 94.1 Å². The molecule has 33 heavy (non-hydrogen) atoms. The molecule has 2 aromatic heterocycles. The molecule has 0 fully saturated rings. The Hall–Kier alpha value is -3.19. The van der Waals surface area contributed by atoms with E-state index in [1.54, 1.807) is 42.6 Å². The Labute approximate surface area is 193 Å². The van der Waals surface area contributed by atoms with E-state index >= 15 is 4.39 Å². The Morgan fingerprint density at radius 1 is 1.06 bits per heavy atom. The zero-order chi connectivity index (χ0) is 23.9. The summed E-state index contributed by atoms with van der Waals surface area (Å²) in [7, 11) is -3.78. The van der Waals surface area contributed by atoms with E-state index in [0.29, 0.717) is 11.1 Å². The number of benzene rings is 2. The number of aryl methyl sites for hydroxylation is 2. The third-order valence-electron chi connectivity index (χ3n) is 5.93. The van der Waals surface area contributed by atoms with Crippen LogP contribution in [-0.2, 0) is 22.2 Å². The molecular weight excluding hydrogens is 439 g/mol. The second kappa shape index (κ2) is 8.63. The predicted molar refractivity (Wildman–Crippen MR) is 129 cm³/mol. The molecule has 0 unspecified atom stereocenters. The number of phenols is 1. The van der Waals surface area contributed by atoms with Crippen molar-refractivity contribution >= 4 is 21.1 Å². The molecule has 0 saturated heterocycles. The number of hydrogen-bond donors (Lipinski definition) is 1. The molecule has 2 heterocycles. The molecule has 2 aromatic carbocycles. The molecule has 0 aliphatic heterocycles. The second-order valence-electron chi connectivity index (χ2n) is 8.80. The topological polar surface area (TPSA) is 72.2 Å². The van der Waals surface area contributed by atoms with E-state index < -0.39 is 15.8 Å². The number of aromatic hydroxyl groups is 1. The molecule has 1 N–H and O–H groups in total. The van der Waals surface area contributed by atoms with Crippen molar-refractivity contribution in [2.45, 2.75) is 45.8 Å². The fraction of sp³-hybridized carbons (Fsp3) is 0.269. The third-order valence-corrected chi connectivity index (χ3v) is 7.53. The molecule has 0 atom stereocenters. The lowest BCUT2D eigenvalue weighted by Crippen LogP contribution is -2.14. The number of aromatic nitrogens is 2. The number of hydrogen-bond acceptors (Lipinski definition) is 4. The van der Waals surface area contributed by atoms with Gasteiger partial charge in [-0.25, -0.2) is 21.8 Å². The Balaban J connectivity index is 1.84. The summed E-state index contributed by atoms with van der Waals surface area (Å²) in [5, 5.41) is 9.81. The minimum atomic E-state index is -3.78. The normalized spacial score (nSPS) is 12.1. The van der Waals surface area contributed by atoms with Gasteiger partial charge in [0, 0.05) is 18.7 Å². The van der Waals surface area contributed by atoms with Crippen molar-refractivity contribution in [2.75, 3.05) is 0 Å². The van der Waals surface area contributed by atoms with Gasteiger partial charge < -0.3 is 5.11 Å². The highest BCUT2D eigenvalue weighted by Crippen LogP contribution is 2.31. The number of pyridine rings is 1. The molecule has 172 valence electrons. The van der Waals surface area contributed by atoms with E-state index in [1.165, 1.54) is 10.0 Å². The summed E-state index contributed by atoms with van der Waals surface area (Å²) in [5.74, 6) is -0.576. The standard InChI is InChI=1S/C26H27FN2O3S/c1-16(2)22-14-29(33(31,32)15-19-8-6-5-7-9-19)25-13-23(27)24(28-26(22)25)12-21-17(3)10-20(30)11-18(21)4/h5-11,13-14,16,30H,12,15H2,1-4H3. The van der Waals surface area contributed by atoms with E-state index in [4.69, 9.17) is 0 Å². The van der Waals surface area contributed by atoms with Crippen LogP contribution in [0.15, 0.2) is 54.7 Å². The van der Waals surface area contributed by atoms with Crippen LogP contribution >= 0.6 is 0 Å². The summed E-state index contributed by atoms with van der Waals surface area (Å²) >= 11 is 0. The van der Waals surface area contributed by atoms with Gasteiger partial charge in [0.2, 0.25) is 10.0 Å². The van der Waals surface area contributed by atoms with Gasteiger partial charge in [-0.3, -0.25) is 0 Å². The first kappa shape index (κ1) is 23.0. The Morgan fingerprint density at radius 3 is 2.30 bits per heavy atom. The van der Waals surface area contributed by atoms with Crippen LogP contribution < -0.4 is 0 Å². The van der Waals surface area contributed by atoms with Crippen molar-refractivity contribution in [3.8, 4) is 5.75 Å². The quantitative estimate of drug-likeness (QED) is 0.402. The van der Waals surface area contributed by atoms with Crippen LogP contribution in [0.5, 0.6) is 5.75 Å². The summed E-state index contributed by atoms with van der Waals surface area (Å²) in [6, 6.07) is 13.5. The number of fused-ring (bicyclic) bond motifs is 1. The number of phenolic OH excluding ortho intramolecular Hbond substituents is 1. The van der Waals surface area contributed by atoms with Crippen LogP contribution in [0.25, 0.3) is 11.0 Å². The fourth-order valence-corrected chi connectivity index (χ4v) is 5.67. The highest BCUT2D eigenvalue weighted by molar-refractivity contribution is 7.89. The predicted octanol–water partition coefficient (Wildman–Crippen LogP) is 5.59. The van der Waals surface area contributed by atoms with Crippen LogP contribution in [0.1, 0.15) is 53.3 Å². The Bertz CT molecular complexity index is 1420. The Kier molecular flexibility index (Phi) is 6.01. The highest BCUT2D eigenvalue weighted by atomic mass is 32.2. The first-order valence-corrected chi connectivity index (χ1v) is 12.4. The average Bonchev–Trinajstić information content (AvgIpc) is 3.10. The molecule has 0 aliphatic rings. The molecule has 4 aromatic rings. The average molecular weight is 467 g/mol. The lowest BCUT2D eigenvalue weighted by atomic mass is 9.97. The van der Waals surface area contributed by atoms with Crippen molar-refractivity contribution < 1.29 is 17.9 Å². The second-order valence-corrected chi connectivity index (χ2v) is 10.6. The van der Waals surface area contributed by atoms with E-state index in [9.17, 15) is 13.5 Å². The van der Waals surface area contributed by atoms with Gasteiger partial charge >= 0.3 is 0 Å². The summed E-state index contributed by atoms with van der Waals surface area (Å²) in [5.41, 5.74) is 4.99. The highest BCUT2D eigenvalue weighted by Gasteiger charge is 2.24. The molecule has 7 heteroatoms. The third kappa shape index (κ3) is 4.50. The minimum Gasteiger partial charge on any atom is -0.508 e. The van der Waals surface area contributed by atoms with Crippen LogP contribution in [0.2, 0.25) is 0 Å². The molecule has 0 spiro atoms. The molecule has 0 amide bonds. The van der Waals surface area contributed by atoms with Gasteiger partial charge in [0.1, 0.15) is 11.6 Å².